The van der Waals surface area contributed by atoms with Crippen molar-refractivity contribution in [2.45, 2.75) is 20.0 Å². The lowest BCUT2D eigenvalue weighted by Crippen LogP contribution is -2.27. The van der Waals surface area contributed by atoms with E-state index in [-0.39, 0.29) is 12.1 Å². The van der Waals surface area contributed by atoms with Crippen molar-refractivity contribution in [3.63, 3.8) is 0 Å². The molecule has 3 rings (SSSR count). The summed E-state index contributed by atoms with van der Waals surface area (Å²) in [7, 11) is 2.50. The van der Waals surface area contributed by atoms with E-state index in [1.165, 1.54) is 23.2 Å². The van der Waals surface area contributed by atoms with Crippen LogP contribution < -0.4 is 20.1 Å². The highest BCUT2D eigenvalue weighted by atomic mass is 31.1. The first-order valence-corrected chi connectivity index (χ1v) is 10.4. The third-order valence-electron chi connectivity index (χ3n) is 4.51. The van der Waals surface area contributed by atoms with Gasteiger partial charge >= 0.3 is 5.97 Å². The fourth-order valence-corrected chi connectivity index (χ4v) is 5.67. The van der Waals surface area contributed by atoms with Crippen molar-refractivity contribution >= 4 is 24.5 Å². The van der Waals surface area contributed by atoms with Crippen LogP contribution in [0.25, 0.3) is 0 Å². The molecule has 2 aromatic carbocycles. The molecule has 0 bridgehead atoms. The van der Waals surface area contributed by atoms with Crippen LogP contribution in [-0.4, -0.2) is 26.3 Å². The maximum Gasteiger partial charge on any atom is 0.302 e. The topological polar surface area (TPSA) is 44.8 Å². The van der Waals surface area contributed by atoms with Gasteiger partial charge in [0.25, 0.3) is 0 Å². The van der Waals surface area contributed by atoms with Crippen LogP contribution in [0, 0.1) is 30.8 Å². The molecule has 1 fully saturated rings. The molecular formula is C23H24O4P. The van der Waals surface area contributed by atoms with Crippen LogP contribution >= 0.6 is 7.92 Å². The summed E-state index contributed by atoms with van der Waals surface area (Å²) in [4.78, 5) is 11.5. The van der Waals surface area contributed by atoms with Crippen LogP contribution in [0.2, 0.25) is 0 Å². The molecule has 1 aliphatic carbocycles. The van der Waals surface area contributed by atoms with Gasteiger partial charge in [0.1, 0.15) is 17.6 Å². The quantitative estimate of drug-likeness (QED) is 0.528. The van der Waals surface area contributed by atoms with Gasteiger partial charge in [0.05, 0.1) is 14.2 Å². The Labute approximate surface area is 168 Å². The van der Waals surface area contributed by atoms with Gasteiger partial charge in [-0.25, -0.2) is 0 Å². The van der Waals surface area contributed by atoms with E-state index in [2.05, 4.69) is 30.7 Å². The zero-order valence-electron chi connectivity index (χ0n) is 16.5. The van der Waals surface area contributed by atoms with Crippen LogP contribution in [0.1, 0.15) is 13.8 Å². The molecule has 2 aromatic rings. The molecule has 0 saturated heterocycles. The molecule has 0 aliphatic heterocycles. The first-order chi connectivity index (χ1) is 13.5. The summed E-state index contributed by atoms with van der Waals surface area (Å²) < 4.78 is 16.1. The third kappa shape index (κ3) is 4.67. The molecule has 0 spiro atoms. The maximum absolute atomic E-state index is 11.5. The fraction of sp³-hybridized carbons (Fsp3) is 0.217. The zero-order chi connectivity index (χ0) is 20.1. The van der Waals surface area contributed by atoms with E-state index in [0.717, 1.165) is 17.4 Å². The fourth-order valence-electron chi connectivity index (χ4n) is 3.17. The molecule has 1 aliphatic rings. The molecule has 1 saturated carbocycles. The Balaban J connectivity index is 1.97. The van der Waals surface area contributed by atoms with Crippen molar-refractivity contribution in [1.29, 1.82) is 0 Å². The van der Waals surface area contributed by atoms with Gasteiger partial charge < -0.3 is 14.2 Å². The molecule has 0 N–H and O–H groups in total. The van der Waals surface area contributed by atoms with Crippen LogP contribution in [0.5, 0.6) is 11.5 Å². The standard InChI is InChI=1S/C23H24O4P/c1-16(27-17(2)24)22-6-5-7-23(22)28(20-12-8-18(25-3)9-13-20)21-14-10-19(26-4)11-15-21/h5-16H,1-4H3/t16-/m1/s1. The molecular weight excluding hydrogens is 371 g/mol. The van der Waals surface area contributed by atoms with Crippen LogP contribution in [-0.2, 0) is 9.53 Å². The van der Waals surface area contributed by atoms with Crippen LogP contribution in [0.3, 0.4) is 0 Å². The molecule has 28 heavy (non-hydrogen) atoms. The Morgan fingerprint density at radius 1 is 0.857 bits per heavy atom. The largest absolute Gasteiger partial charge is 0.497 e. The summed E-state index contributed by atoms with van der Waals surface area (Å²) in [6.07, 6.45) is 5.87. The Hall–Kier alpha value is -2.06. The third-order valence-corrected chi connectivity index (χ3v) is 7.03. The summed E-state index contributed by atoms with van der Waals surface area (Å²) >= 11 is 0. The molecule has 0 aromatic heterocycles. The highest BCUT2D eigenvalue weighted by molar-refractivity contribution is 7.76. The maximum atomic E-state index is 11.5. The molecule has 145 valence electrons. The molecule has 5 radical (unpaired) electrons. The minimum atomic E-state index is -0.824. The molecule has 0 amide bonds. The molecule has 1 atom stereocenters. The predicted molar refractivity (Wildman–Crippen MR) is 113 cm³/mol. The Kier molecular flexibility index (Phi) is 6.96. The molecule has 0 unspecified atom stereocenters. The second kappa shape index (κ2) is 9.43. The van der Waals surface area contributed by atoms with Gasteiger partial charge in [0.2, 0.25) is 0 Å². The number of methoxy groups -OCH3 is 2. The second-order valence-electron chi connectivity index (χ2n) is 6.35. The van der Waals surface area contributed by atoms with Crippen molar-refractivity contribution in [2.24, 2.45) is 0 Å². The molecule has 4 nitrogen and oxygen atoms in total. The number of carbonyl (C=O) groups excluding carboxylic acids is 1. The van der Waals surface area contributed by atoms with E-state index < -0.39 is 7.92 Å². The van der Waals surface area contributed by atoms with Crippen molar-refractivity contribution < 1.29 is 19.0 Å². The number of carbonyl (C=O) groups is 1. The summed E-state index contributed by atoms with van der Waals surface area (Å²) in [5, 5.41) is 2.40. The summed E-state index contributed by atoms with van der Waals surface area (Å²) in [5.74, 6) is 2.40. The summed E-state index contributed by atoms with van der Waals surface area (Å²) in [6.45, 7) is 3.35. The first-order valence-electron chi connectivity index (χ1n) is 9.04. The van der Waals surface area contributed by atoms with Gasteiger partial charge in [-0.1, -0.05) is 24.3 Å². The number of esters is 1. The van der Waals surface area contributed by atoms with Gasteiger partial charge in [-0.3, -0.25) is 4.79 Å². The van der Waals surface area contributed by atoms with Gasteiger partial charge in [-0.15, -0.1) is 0 Å². The van der Waals surface area contributed by atoms with Crippen LogP contribution in [0.4, 0.5) is 0 Å². The lowest BCUT2D eigenvalue weighted by atomic mass is 10.0. The normalized spacial score (nSPS) is 16.2. The number of ether oxygens (including phenoxy) is 3. The SMILES string of the molecule is COc1ccc(P([C]2[CH][CH][CH][C]2[C@@H](C)OC(C)=O)c2ccc(OC)cc2)cc1. The Morgan fingerprint density at radius 3 is 1.79 bits per heavy atom. The van der Waals surface area contributed by atoms with E-state index in [0.29, 0.717) is 0 Å². The summed E-state index contributed by atoms with van der Waals surface area (Å²) in [6, 6.07) is 16.3. The van der Waals surface area contributed by atoms with Crippen LogP contribution in [0.15, 0.2) is 48.5 Å². The Morgan fingerprint density at radius 2 is 1.36 bits per heavy atom. The smallest absolute Gasteiger partial charge is 0.302 e. The van der Waals surface area contributed by atoms with Gasteiger partial charge in [-0.2, -0.15) is 0 Å². The molecule has 5 heteroatoms. The zero-order valence-corrected chi connectivity index (χ0v) is 17.4. The highest BCUT2D eigenvalue weighted by Crippen LogP contribution is 2.57. The van der Waals surface area contributed by atoms with E-state index in [1.54, 1.807) is 14.2 Å². The van der Waals surface area contributed by atoms with E-state index in [9.17, 15) is 4.79 Å². The average molecular weight is 395 g/mol. The lowest BCUT2D eigenvalue weighted by molar-refractivity contribution is -0.144. The van der Waals surface area contributed by atoms with Gasteiger partial charge in [0, 0.05) is 18.5 Å². The average Bonchev–Trinajstić information content (AvgIpc) is 3.18. The molecule has 0 heterocycles. The van der Waals surface area contributed by atoms with Gasteiger partial charge in [-0.05, 0) is 69.0 Å². The van der Waals surface area contributed by atoms with E-state index in [1.807, 2.05) is 44.0 Å². The van der Waals surface area contributed by atoms with Crippen molar-refractivity contribution in [1.82, 2.24) is 0 Å². The van der Waals surface area contributed by atoms with E-state index in [4.69, 9.17) is 14.2 Å². The Bertz CT molecular complexity index is 725. The minimum absolute atomic E-state index is 0.280. The number of hydrogen-bond donors (Lipinski definition) is 0. The number of rotatable bonds is 7. The summed E-state index contributed by atoms with van der Waals surface area (Å²) in [5.41, 5.74) is 1.18. The minimum Gasteiger partial charge on any atom is -0.497 e. The van der Waals surface area contributed by atoms with Gasteiger partial charge in [0.15, 0.2) is 0 Å². The van der Waals surface area contributed by atoms with Crippen molar-refractivity contribution in [3.8, 4) is 11.5 Å². The second-order valence-corrected chi connectivity index (χ2v) is 8.53. The first kappa shape index (κ1) is 20.7. The number of hydrogen-bond acceptors (Lipinski definition) is 4. The lowest BCUT2D eigenvalue weighted by Gasteiger charge is -2.31. The van der Waals surface area contributed by atoms with E-state index >= 15 is 0 Å². The van der Waals surface area contributed by atoms with Crippen molar-refractivity contribution in [2.75, 3.05) is 14.2 Å². The highest BCUT2D eigenvalue weighted by Gasteiger charge is 2.41. The predicted octanol–water partition coefficient (Wildman–Crippen LogP) is 3.82. The monoisotopic (exact) mass is 395 g/mol. The number of benzene rings is 2. The van der Waals surface area contributed by atoms with Crippen molar-refractivity contribution in [3.05, 3.63) is 79.4 Å².